The molecule has 2 rings (SSSR count). The van der Waals surface area contributed by atoms with Gasteiger partial charge in [-0.2, -0.15) is 0 Å². The van der Waals surface area contributed by atoms with Crippen molar-refractivity contribution in [2.24, 2.45) is 0 Å². The maximum absolute atomic E-state index is 11.7. The Bertz CT molecular complexity index is 639. The van der Waals surface area contributed by atoms with E-state index in [-0.39, 0.29) is 5.91 Å². The van der Waals surface area contributed by atoms with Crippen LogP contribution in [0.2, 0.25) is 0 Å². The molecule has 0 radical (unpaired) electrons. The van der Waals surface area contributed by atoms with Crippen LogP contribution >= 0.6 is 0 Å². The monoisotopic (exact) mass is 298 g/mol. The summed E-state index contributed by atoms with van der Waals surface area (Å²) in [5.74, 6) is -0.352. The minimum absolute atomic E-state index is 0.307. The van der Waals surface area contributed by atoms with Gasteiger partial charge in [0.05, 0.1) is 0 Å². The number of carbonyl (C=O) groups excluding carboxylic acids is 1. The minimum atomic E-state index is -1.21. The Morgan fingerprint density at radius 3 is 2.14 bits per heavy atom. The van der Waals surface area contributed by atoms with Crippen molar-refractivity contribution in [3.05, 3.63) is 60.2 Å². The predicted octanol–water partition coefficient (Wildman–Crippen LogP) is 2.28. The van der Waals surface area contributed by atoms with Gasteiger partial charge in [0.1, 0.15) is 6.04 Å². The van der Waals surface area contributed by atoms with Gasteiger partial charge in [0.15, 0.2) is 0 Å². The number of carbonyl (C=O) groups is 2. The molecular formula is C17H18N2O3. The lowest BCUT2D eigenvalue weighted by atomic mass is 10.0. The summed E-state index contributed by atoms with van der Waals surface area (Å²) in [5.41, 5.74) is 3.08. The molecule has 0 unspecified atom stereocenters. The third-order valence-corrected chi connectivity index (χ3v) is 3.36. The summed E-state index contributed by atoms with van der Waals surface area (Å²) >= 11 is 0. The van der Waals surface area contributed by atoms with Crippen LogP contribution in [0.25, 0.3) is 11.1 Å². The molecule has 0 aliphatic rings. The molecule has 0 heterocycles. The molecule has 3 N–H and O–H groups in total. The molecule has 22 heavy (non-hydrogen) atoms. The zero-order valence-electron chi connectivity index (χ0n) is 12.2. The summed E-state index contributed by atoms with van der Waals surface area (Å²) < 4.78 is 0. The lowest BCUT2D eigenvalue weighted by Gasteiger charge is -2.15. The Morgan fingerprint density at radius 2 is 1.59 bits per heavy atom. The summed E-state index contributed by atoms with van der Waals surface area (Å²) in [6.45, 7) is 0. The molecule has 0 aliphatic heterocycles. The first kappa shape index (κ1) is 15.6. The zero-order valence-corrected chi connectivity index (χ0v) is 12.2. The molecule has 2 amide bonds. The van der Waals surface area contributed by atoms with E-state index in [2.05, 4.69) is 10.6 Å². The van der Waals surface area contributed by atoms with Gasteiger partial charge in [-0.05, 0) is 16.7 Å². The van der Waals surface area contributed by atoms with Crippen molar-refractivity contribution in [2.45, 2.75) is 12.5 Å². The molecule has 0 bridgehead atoms. The molecule has 5 nitrogen and oxygen atoms in total. The van der Waals surface area contributed by atoms with Crippen LogP contribution in [0.4, 0.5) is 4.79 Å². The first-order valence-electron chi connectivity index (χ1n) is 6.95. The van der Waals surface area contributed by atoms with E-state index in [1.807, 2.05) is 54.6 Å². The standard InChI is InChI=1S/C17H18N2O3/c1-18-16(20)15(19-17(21)22)11-12-7-9-14(10-8-12)13-5-3-2-4-6-13/h2-10,15,19H,11H2,1H3,(H,18,20)(H,21,22)/t15-/m0/s1. The number of hydrogen-bond donors (Lipinski definition) is 3. The van der Waals surface area contributed by atoms with Crippen LogP contribution in [0.3, 0.4) is 0 Å². The van der Waals surface area contributed by atoms with Gasteiger partial charge in [-0.1, -0.05) is 54.6 Å². The van der Waals surface area contributed by atoms with Crippen molar-refractivity contribution in [3.8, 4) is 11.1 Å². The Labute approximate surface area is 129 Å². The molecule has 2 aromatic carbocycles. The lowest BCUT2D eigenvalue weighted by Crippen LogP contribution is -2.46. The van der Waals surface area contributed by atoms with Gasteiger partial charge in [0.2, 0.25) is 5.91 Å². The first-order chi connectivity index (χ1) is 10.6. The van der Waals surface area contributed by atoms with E-state index in [9.17, 15) is 9.59 Å². The van der Waals surface area contributed by atoms with E-state index in [0.717, 1.165) is 16.7 Å². The Hall–Kier alpha value is -2.82. The van der Waals surface area contributed by atoms with Gasteiger partial charge in [0.25, 0.3) is 0 Å². The van der Waals surface area contributed by atoms with Gasteiger partial charge in [-0.25, -0.2) is 4.79 Å². The molecule has 0 fully saturated rings. The highest BCUT2D eigenvalue weighted by molar-refractivity contribution is 5.85. The topological polar surface area (TPSA) is 78.4 Å². The van der Waals surface area contributed by atoms with Crippen LogP contribution in [-0.4, -0.2) is 30.2 Å². The Morgan fingerprint density at radius 1 is 1.00 bits per heavy atom. The normalized spacial score (nSPS) is 11.5. The highest BCUT2D eigenvalue weighted by Gasteiger charge is 2.19. The summed E-state index contributed by atoms with van der Waals surface area (Å²) in [6, 6.07) is 16.9. The highest BCUT2D eigenvalue weighted by Crippen LogP contribution is 2.19. The molecule has 0 aromatic heterocycles. The number of carboxylic acid groups (broad SMARTS) is 1. The van der Waals surface area contributed by atoms with E-state index in [4.69, 9.17) is 5.11 Å². The fraction of sp³-hybridized carbons (Fsp3) is 0.176. The van der Waals surface area contributed by atoms with E-state index >= 15 is 0 Å². The van der Waals surface area contributed by atoms with Crippen LogP contribution in [0.15, 0.2) is 54.6 Å². The Kier molecular flexibility index (Phi) is 5.14. The predicted molar refractivity (Wildman–Crippen MR) is 84.6 cm³/mol. The molecule has 5 heteroatoms. The average Bonchev–Trinajstić information content (AvgIpc) is 2.54. The van der Waals surface area contributed by atoms with Crippen molar-refractivity contribution in [2.75, 3.05) is 7.05 Å². The number of nitrogens with one attached hydrogen (secondary N) is 2. The van der Waals surface area contributed by atoms with Crippen LogP contribution in [-0.2, 0) is 11.2 Å². The second-order valence-corrected chi connectivity index (χ2v) is 4.88. The van der Waals surface area contributed by atoms with Crippen molar-refractivity contribution in [1.82, 2.24) is 10.6 Å². The van der Waals surface area contributed by atoms with Crippen molar-refractivity contribution >= 4 is 12.0 Å². The number of rotatable bonds is 5. The molecule has 0 spiro atoms. The third-order valence-electron chi connectivity index (χ3n) is 3.36. The van der Waals surface area contributed by atoms with Crippen molar-refractivity contribution < 1.29 is 14.7 Å². The lowest BCUT2D eigenvalue weighted by molar-refractivity contribution is -0.122. The SMILES string of the molecule is CNC(=O)[C@H](Cc1ccc(-c2ccccc2)cc1)NC(=O)O. The summed E-state index contributed by atoms with van der Waals surface area (Å²) in [4.78, 5) is 22.5. The molecule has 114 valence electrons. The molecule has 0 aliphatic carbocycles. The van der Waals surface area contributed by atoms with Crippen molar-refractivity contribution in [1.29, 1.82) is 0 Å². The van der Waals surface area contributed by atoms with Crippen LogP contribution in [0, 0.1) is 0 Å². The fourth-order valence-electron chi connectivity index (χ4n) is 2.23. The number of benzene rings is 2. The van der Waals surface area contributed by atoms with Gasteiger partial charge in [0, 0.05) is 13.5 Å². The highest BCUT2D eigenvalue weighted by atomic mass is 16.4. The molecule has 1 atom stereocenters. The summed E-state index contributed by atoms with van der Waals surface area (Å²) in [5, 5.41) is 13.5. The maximum atomic E-state index is 11.7. The van der Waals surface area contributed by atoms with Gasteiger partial charge in [-0.3, -0.25) is 4.79 Å². The largest absolute Gasteiger partial charge is 0.465 e. The van der Waals surface area contributed by atoms with Gasteiger partial charge < -0.3 is 15.7 Å². The van der Waals surface area contributed by atoms with Crippen molar-refractivity contribution in [3.63, 3.8) is 0 Å². The average molecular weight is 298 g/mol. The van der Waals surface area contributed by atoms with E-state index < -0.39 is 12.1 Å². The summed E-state index contributed by atoms with van der Waals surface area (Å²) in [6.07, 6.45) is -0.907. The number of likely N-dealkylation sites (N-methyl/N-ethyl adjacent to an activating group) is 1. The quantitative estimate of drug-likeness (QED) is 0.792. The number of hydrogen-bond acceptors (Lipinski definition) is 2. The molecule has 0 saturated carbocycles. The van der Waals surface area contributed by atoms with E-state index in [1.54, 1.807) is 0 Å². The van der Waals surface area contributed by atoms with E-state index in [0.29, 0.717) is 6.42 Å². The fourth-order valence-corrected chi connectivity index (χ4v) is 2.23. The van der Waals surface area contributed by atoms with Gasteiger partial charge >= 0.3 is 6.09 Å². The van der Waals surface area contributed by atoms with Crippen LogP contribution in [0.1, 0.15) is 5.56 Å². The summed E-state index contributed by atoms with van der Waals surface area (Å²) in [7, 11) is 1.48. The Balaban J connectivity index is 2.12. The smallest absolute Gasteiger partial charge is 0.405 e. The third kappa shape index (κ3) is 4.09. The van der Waals surface area contributed by atoms with Crippen LogP contribution < -0.4 is 10.6 Å². The molecule has 0 saturated heterocycles. The molecular weight excluding hydrogens is 280 g/mol. The van der Waals surface area contributed by atoms with Crippen LogP contribution in [0.5, 0.6) is 0 Å². The first-order valence-corrected chi connectivity index (χ1v) is 6.95. The second-order valence-electron chi connectivity index (χ2n) is 4.88. The molecule has 2 aromatic rings. The maximum Gasteiger partial charge on any atom is 0.405 e. The van der Waals surface area contributed by atoms with E-state index in [1.165, 1.54) is 7.05 Å². The second kappa shape index (κ2) is 7.26. The minimum Gasteiger partial charge on any atom is -0.465 e. The van der Waals surface area contributed by atoms with Gasteiger partial charge in [-0.15, -0.1) is 0 Å². The zero-order chi connectivity index (χ0) is 15.9. The number of amides is 2.